The van der Waals surface area contributed by atoms with Crippen LogP contribution in [0.1, 0.15) is 41.6 Å². The topological polar surface area (TPSA) is 95.6 Å². The molecule has 0 radical (unpaired) electrons. The number of hydrogen-bond acceptors (Lipinski definition) is 6. The lowest BCUT2D eigenvalue weighted by molar-refractivity contribution is 0.0460. The highest BCUT2D eigenvalue weighted by atomic mass is 16.5. The molecule has 0 saturated heterocycles. The van der Waals surface area contributed by atoms with Crippen LogP contribution in [0, 0.1) is 6.92 Å². The Kier molecular flexibility index (Phi) is 4.91. The fourth-order valence-corrected chi connectivity index (χ4v) is 3.24. The predicted octanol–water partition coefficient (Wildman–Crippen LogP) is 2.65. The summed E-state index contributed by atoms with van der Waals surface area (Å²) in [7, 11) is 0. The van der Waals surface area contributed by atoms with E-state index in [9.17, 15) is 14.4 Å². The van der Waals surface area contributed by atoms with Crippen molar-refractivity contribution >= 4 is 22.4 Å². The van der Waals surface area contributed by atoms with Crippen LogP contribution in [-0.2, 0) is 11.3 Å². The zero-order chi connectivity index (χ0) is 21.4. The summed E-state index contributed by atoms with van der Waals surface area (Å²) >= 11 is 0. The Bertz CT molecular complexity index is 1400. The summed E-state index contributed by atoms with van der Waals surface area (Å²) in [5.41, 5.74) is 1.29. The zero-order valence-electron chi connectivity index (χ0n) is 16.8. The minimum Gasteiger partial charge on any atom is -0.454 e. The van der Waals surface area contributed by atoms with Gasteiger partial charge in [-0.2, -0.15) is 5.10 Å². The van der Waals surface area contributed by atoms with Gasteiger partial charge in [0.15, 0.2) is 5.69 Å². The van der Waals surface area contributed by atoms with Gasteiger partial charge in [-0.25, -0.2) is 14.5 Å². The molecule has 0 aliphatic heterocycles. The van der Waals surface area contributed by atoms with E-state index in [0.717, 1.165) is 5.56 Å². The van der Waals surface area contributed by atoms with E-state index in [-0.39, 0.29) is 29.5 Å². The number of pyridine rings is 1. The van der Waals surface area contributed by atoms with Gasteiger partial charge in [0.25, 0.3) is 11.1 Å². The van der Waals surface area contributed by atoms with E-state index in [1.165, 1.54) is 15.1 Å². The Balaban J connectivity index is 1.69. The molecule has 0 unspecified atom stereocenters. The Hall–Kier alpha value is -3.81. The monoisotopic (exact) mass is 404 g/mol. The summed E-state index contributed by atoms with van der Waals surface area (Å²) in [6.07, 6.45) is 1.65. The van der Waals surface area contributed by atoms with E-state index in [1.807, 2.05) is 26.8 Å². The number of carbonyl (C=O) groups is 1. The molecule has 0 aliphatic carbocycles. The highest BCUT2D eigenvalue weighted by Crippen LogP contribution is 2.16. The van der Waals surface area contributed by atoms with E-state index < -0.39 is 5.97 Å². The quantitative estimate of drug-likeness (QED) is 0.485. The van der Waals surface area contributed by atoms with Crippen molar-refractivity contribution in [3.8, 4) is 0 Å². The first-order chi connectivity index (χ1) is 14.3. The van der Waals surface area contributed by atoms with Gasteiger partial charge in [0.2, 0.25) is 0 Å². The number of hydrogen-bond donors (Lipinski definition) is 0. The molecule has 0 saturated carbocycles. The second-order valence-corrected chi connectivity index (χ2v) is 7.33. The average Bonchev–Trinajstić information content (AvgIpc) is 2.72. The summed E-state index contributed by atoms with van der Waals surface area (Å²) in [6, 6.07) is 11.5. The maximum atomic E-state index is 12.8. The molecular weight excluding hydrogens is 384 g/mol. The van der Waals surface area contributed by atoms with Crippen molar-refractivity contribution in [2.45, 2.75) is 33.4 Å². The first kappa shape index (κ1) is 19.5. The number of aryl methyl sites for hydroxylation is 1. The van der Waals surface area contributed by atoms with Crippen LogP contribution < -0.4 is 11.1 Å². The van der Waals surface area contributed by atoms with Gasteiger partial charge in [-0.3, -0.25) is 14.0 Å². The molecular formula is C22H20N4O4. The average molecular weight is 404 g/mol. The van der Waals surface area contributed by atoms with Crippen molar-refractivity contribution in [1.82, 2.24) is 19.2 Å². The second kappa shape index (κ2) is 7.55. The summed E-state index contributed by atoms with van der Waals surface area (Å²) < 4.78 is 8.09. The number of ether oxygens (including phenoxy) is 1. The Morgan fingerprint density at radius 2 is 1.83 bits per heavy atom. The molecule has 0 atom stereocenters. The predicted molar refractivity (Wildman–Crippen MR) is 112 cm³/mol. The lowest BCUT2D eigenvalue weighted by Crippen LogP contribution is -2.28. The van der Waals surface area contributed by atoms with Gasteiger partial charge < -0.3 is 4.74 Å². The molecule has 0 amide bonds. The van der Waals surface area contributed by atoms with E-state index >= 15 is 0 Å². The number of nitrogens with zero attached hydrogens (tertiary/aromatic N) is 4. The summed E-state index contributed by atoms with van der Waals surface area (Å²) in [4.78, 5) is 42.1. The van der Waals surface area contributed by atoms with E-state index in [0.29, 0.717) is 22.1 Å². The van der Waals surface area contributed by atoms with E-state index in [1.54, 1.807) is 36.5 Å². The van der Waals surface area contributed by atoms with Gasteiger partial charge >= 0.3 is 5.97 Å². The number of aromatic nitrogens is 4. The van der Waals surface area contributed by atoms with Crippen molar-refractivity contribution < 1.29 is 9.53 Å². The molecule has 4 aromatic rings. The normalized spacial score (nSPS) is 11.3. The molecule has 4 rings (SSSR count). The van der Waals surface area contributed by atoms with Gasteiger partial charge in [0.1, 0.15) is 12.3 Å². The fourth-order valence-electron chi connectivity index (χ4n) is 3.24. The van der Waals surface area contributed by atoms with Crippen LogP contribution >= 0.6 is 0 Å². The first-order valence-electron chi connectivity index (χ1n) is 9.53. The molecule has 152 valence electrons. The van der Waals surface area contributed by atoms with Crippen LogP contribution in [0.3, 0.4) is 0 Å². The SMILES string of the molecule is Cc1ccn2c(=O)cc(COC(=O)c3nn(C(C)C)c(=O)c4ccccc34)nc2c1. The smallest absolute Gasteiger partial charge is 0.359 e. The van der Waals surface area contributed by atoms with Crippen LogP contribution in [0.15, 0.2) is 58.3 Å². The van der Waals surface area contributed by atoms with Crippen LogP contribution in [0.2, 0.25) is 0 Å². The third-order valence-corrected chi connectivity index (χ3v) is 4.74. The molecule has 0 aliphatic rings. The standard InChI is InChI=1S/C22H20N4O4/c1-13(2)26-21(28)17-7-5-4-6-16(17)20(24-26)22(29)30-12-15-11-19(27)25-9-8-14(3)10-18(25)23-15/h4-11,13H,12H2,1-3H3. The molecule has 8 nitrogen and oxygen atoms in total. The van der Waals surface area contributed by atoms with Gasteiger partial charge in [0, 0.05) is 17.6 Å². The van der Waals surface area contributed by atoms with Crippen molar-refractivity contribution in [2.75, 3.05) is 0 Å². The molecule has 1 aromatic carbocycles. The fraction of sp³-hybridized carbons (Fsp3) is 0.227. The summed E-state index contributed by atoms with van der Waals surface area (Å²) in [6.45, 7) is 5.34. The maximum absolute atomic E-state index is 12.8. The Morgan fingerprint density at radius 3 is 2.57 bits per heavy atom. The highest BCUT2D eigenvalue weighted by molar-refractivity contribution is 6.02. The molecule has 3 aromatic heterocycles. The van der Waals surface area contributed by atoms with Crippen molar-refractivity contribution in [3.05, 3.63) is 86.3 Å². The Morgan fingerprint density at radius 1 is 1.10 bits per heavy atom. The minimum atomic E-state index is -0.688. The van der Waals surface area contributed by atoms with Crippen LogP contribution in [0.4, 0.5) is 0 Å². The number of benzene rings is 1. The van der Waals surface area contributed by atoms with Crippen LogP contribution in [-0.4, -0.2) is 25.1 Å². The molecule has 30 heavy (non-hydrogen) atoms. The molecule has 3 heterocycles. The lowest BCUT2D eigenvalue weighted by atomic mass is 10.1. The number of esters is 1. The number of rotatable bonds is 4. The van der Waals surface area contributed by atoms with Gasteiger partial charge in [-0.15, -0.1) is 0 Å². The van der Waals surface area contributed by atoms with E-state index in [2.05, 4.69) is 10.1 Å². The first-order valence-corrected chi connectivity index (χ1v) is 9.53. The number of fused-ring (bicyclic) bond motifs is 2. The highest BCUT2D eigenvalue weighted by Gasteiger charge is 2.19. The Labute approximate surface area is 171 Å². The number of carbonyl (C=O) groups excluding carboxylic acids is 1. The molecule has 0 spiro atoms. The van der Waals surface area contributed by atoms with Crippen molar-refractivity contribution in [1.29, 1.82) is 0 Å². The summed E-state index contributed by atoms with van der Waals surface area (Å²) in [5, 5.41) is 5.05. The second-order valence-electron chi connectivity index (χ2n) is 7.33. The maximum Gasteiger partial charge on any atom is 0.359 e. The minimum absolute atomic E-state index is 0.0484. The van der Waals surface area contributed by atoms with Crippen LogP contribution in [0.25, 0.3) is 16.4 Å². The largest absolute Gasteiger partial charge is 0.454 e. The summed E-state index contributed by atoms with van der Waals surface area (Å²) in [5.74, 6) is -0.688. The van der Waals surface area contributed by atoms with Crippen LogP contribution in [0.5, 0.6) is 0 Å². The third-order valence-electron chi connectivity index (χ3n) is 4.74. The van der Waals surface area contributed by atoms with Gasteiger partial charge in [-0.1, -0.05) is 18.2 Å². The van der Waals surface area contributed by atoms with E-state index in [4.69, 9.17) is 4.74 Å². The molecule has 8 heteroatoms. The van der Waals surface area contributed by atoms with Crippen molar-refractivity contribution in [2.24, 2.45) is 0 Å². The third kappa shape index (κ3) is 3.47. The molecule has 0 N–H and O–H groups in total. The van der Waals surface area contributed by atoms with Gasteiger partial charge in [-0.05, 0) is 44.5 Å². The molecule has 0 fully saturated rings. The molecule has 0 bridgehead atoms. The van der Waals surface area contributed by atoms with Crippen molar-refractivity contribution in [3.63, 3.8) is 0 Å². The van der Waals surface area contributed by atoms with Gasteiger partial charge in [0.05, 0.1) is 17.1 Å². The zero-order valence-corrected chi connectivity index (χ0v) is 16.8. The lowest BCUT2D eigenvalue weighted by Gasteiger charge is -2.13.